The Hall–Kier alpha value is -1.50. The van der Waals surface area contributed by atoms with Crippen LogP contribution in [0.15, 0.2) is 24.5 Å². The zero-order chi connectivity index (χ0) is 13.1. The Labute approximate surface area is 127 Å². The molecule has 2 N–H and O–H groups in total. The van der Waals surface area contributed by atoms with Crippen LogP contribution in [-0.4, -0.2) is 29.0 Å². The predicted octanol–water partition coefficient (Wildman–Crippen LogP) is 1.90. The second kappa shape index (κ2) is 6.78. The van der Waals surface area contributed by atoms with Gasteiger partial charge in [-0.25, -0.2) is 4.98 Å². The van der Waals surface area contributed by atoms with Gasteiger partial charge >= 0.3 is 0 Å². The molecular weight excluding hydrogens is 296 g/mol. The molecule has 5 nitrogen and oxygen atoms in total. The molecule has 0 fully saturated rings. The number of amides is 1. The molecule has 106 valence electrons. The summed E-state index contributed by atoms with van der Waals surface area (Å²) < 4.78 is 0. The molecule has 0 atom stereocenters. The van der Waals surface area contributed by atoms with Gasteiger partial charge in [-0.05, 0) is 18.6 Å². The predicted molar refractivity (Wildman–Crippen MR) is 81.8 cm³/mol. The van der Waals surface area contributed by atoms with Gasteiger partial charge in [0, 0.05) is 42.5 Å². The summed E-state index contributed by atoms with van der Waals surface area (Å²) in [7, 11) is 0. The van der Waals surface area contributed by atoms with Crippen molar-refractivity contribution in [2.45, 2.75) is 12.8 Å². The summed E-state index contributed by atoms with van der Waals surface area (Å²) in [5.74, 6) is -0.141. The van der Waals surface area contributed by atoms with Crippen LogP contribution in [0.1, 0.15) is 20.4 Å². The molecule has 7 heteroatoms. The van der Waals surface area contributed by atoms with Crippen molar-refractivity contribution in [3.05, 3.63) is 40.1 Å². The minimum atomic E-state index is -0.141. The van der Waals surface area contributed by atoms with Gasteiger partial charge in [-0.2, -0.15) is 0 Å². The van der Waals surface area contributed by atoms with E-state index in [0.717, 1.165) is 37.3 Å². The number of anilines is 1. The van der Waals surface area contributed by atoms with Crippen LogP contribution in [0.2, 0.25) is 0 Å². The van der Waals surface area contributed by atoms with Crippen molar-refractivity contribution in [1.82, 2.24) is 15.3 Å². The Morgan fingerprint density at radius 3 is 2.80 bits per heavy atom. The van der Waals surface area contributed by atoms with Crippen LogP contribution in [0.4, 0.5) is 5.69 Å². The van der Waals surface area contributed by atoms with E-state index < -0.39 is 0 Å². The fourth-order valence-electron chi connectivity index (χ4n) is 2.02. The normalized spacial score (nSPS) is 13.8. The molecule has 0 aliphatic carbocycles. The van der Waals surface area contributed by atoms with Crippen LogP contribution in [0.3, 0.4) is 0 Å². The van der Waals surface area contributed by atoms with Gasteiger partial charge in [0.25, 0.3) is 5.91 Å². The SMILES string of the molecule is Cl.O=C(Nc1ccncc1)c1nc2c(s1)CCNCC2. The lowest BCUT2D eigenvalue weighted by molar-refractivity contribution is 0.102. The topological polar surface area (TPSA) is 66.9 Å². The fraction of sp³-hybridized carbons (Fsp3) is 0.308. The number of nitrogens with one attached hydrogen (secondary N) is 2. The molecule has 0 spiro atoms. The maximum absolute atomic E-state index is 12.1. The van der Waals surface area contributed by atoms with Crippen LogP contribution in [0, 0.1) is 0 Å². The highest BCUT2D eigenvalue weighted by molar-refractivity contribution is 7.13. The number of halogens is 1. The lowest BCUT2D eigenvalue weighted by Gasteiger charge is -2.01. The van der Waals surface area contributed by atoms with Crippen molar-refractivity contribution in [2.24, 2.45) is 0 Å². The molecule has 3 heterocycles. The first kappa shape index (κ1) is 14.9. The maximum atomic E-state index is 12.1. The second-order valence-electron chi connectivity index (χ2n) is 4.33. The van der Waals surface area contributed by atoms with Gasteiger partial charge in [0.2, 0.25) is 0 Å². The standard InChI is InChI=1S/C13H14N4OS.ClH/c18-12(16-9-1-5-14-6-2-9)13-17-10-3-7-15-8-4-11(10)19-13;/h1-2,5-6,15H,3-4,7-8H2,(H,14,16,18);1H. The van der Waals surface area contributed by atoms with E-state index in [2.05, 4.69) is 20.6 Å². The molecule has 0 radical (unpaired) electrons. The van der Waals surface area contributed by atoms with Crippen molar-refractivity contribution < 1.29 is 4.79 Å². The van der Waals surface area contributed by atoms with Crippen LogP contribution in [-0.2, 0) is 12.8 Å². The van der Waals surface area contributed by atoms with Gasteiger partial charge in [0.1, 0.15) is 0 Å². The molecule has 0 saturated heterocycles. The molecule has 1 amide bonds. The fourth-order valence-corrected chi connectivity index (χ4v) is 3.03. The molecule has 0 bridgehead atoms. The van der Waals surface area contributed by atoms with Crippen molar-refractivity contribution in [1.29, 1.82) is 0 Å². The summed E-state index contributed by atoms with van der Waals surface area (Å²) in [5, 5.41) is 6.71. The number of fused-ring (bicyclic) bond motifs is 1. The zero-order valence-corrected chi connectivity index (χ0v) is 12.4. The minimum absolute atomic E-state index is 0. The number of hydrogen-bond acceptors (Lipinski definition) is 5. The molecular formula is C13H15ClN4OS. The molecule has 0 unspecified atom stereocenters. The van der Waals surface area contributed by atoms with Crippen LogP contribution in [0.25, 0.3) is 0 Å². The number of rotatable bonds is 2. The number of carbonyl (C=O) groups is 1. The third-order valence-corrected chi connectivity index (χ3v) is 4.13. The minimum Gasteiger partial charge on any atom is -0.320 e. The third kappa shape index (κ3) is 3.33. The Bertz CT molecular complexity index is 564. The van der Waals surface area contributed by atoms with Crippen molar-refractivity contribution in [2.75, 3.05) is 18.4 Å². The van der Waals surface area contributed by atoms with E-state index in [-0.39, 0.29) is 18.3 Å². The molecule has 1 aliphatic rings. The van der Waals surface area contributed by atoms with E-state index in [0.29, 0.717) is 5.01 Å². The Kier molecular flexibility index (Phi) is 5.05. The Balaban J connectivity index is 0.00000147. The first-order valence-electron chi connectivity index (χ1n) is 6.23. The van der Waals surface area contributed by atoms with E-state index in [1.54, 1.807) is 24.5 Å². The number of pyridine rings is 1. The van der Waals surface area contributed by atoms with E-state index in [9.17, 15) is 4.79 Å². The molecule has 0 saturated carbocycles. The summed E-state index contributed by atoms with van der Waals surface area (Å²) in [6.07, 6.45) is 5.15. The monoisotopic (exact) mass is 310 g/mol. The summed E-state index contributed by atoms with van der Waals surface area (Å²) in [4.78, 5) is 21.7. The number of nitrogens with zero attached hydrogens (tertiary/aromatic N) is 2. The first-order valence-corrected chi connectivity index (χ1v) is 7.05. The highest BCUT2D eigenvalue weighted by Gasteiger charge is 2.18. The molecule has 20 heavy (non-hydrogen) atoms. The highest BCUT2D eigenvalue weighted by atomic mass is 35.5. The van der Waals surface area contributed by atoms with Crippen LogP contribution >= 0.6 is 23.7 Å². The molecule has 3 rings (SSSR count). The number of carbonyl (C=O) groups excluding carboxylic acids is 1. The van der Waals surface area contributed by atoms with Gasteiger partial charge in [-0.15, -0.1) is 23.7 Å². The van der Waals surface area contributed by atoms with Crippen LogP contribution in [0.5, 0.6) is 0 Å². The number of thiazole rings is 1. The zero-order valence-electron chi connectivity index (χ0n) is 10.8. The third-order valence-electron chi connectivity index (χ3n) is 2.98. The molecule has 1 aliphatic heterocycles. The summed E-state index contributed by atoms with van der Waals surface area (Å²) in [5.41, 5.74) is 1.81. The van der Waals surface area contributed by atoms with E-state index in [4.69, 9.17) is 0 Å². The highest BCUT2D eigenvalue weighted by Crippen LogP contribution is 2.22. The summed E-state index contributed by atoms with van der Waals surface area (Å²) in [6.45, 7) is 1.89. The van der Waals surface area contributed by atoms with Crippen molar-refractivity contribution in [3.63, 3.8) is 0 Å². The van der Waals surface area contributed by atoms with E-state index in [1.165, 1.54) is 16.2 Å². The van der Waals surface area contributed by atoms with Gasteiger partial charge in [0.15, 0.2) is 5.01 Å². The van der Waals surface area contributed by atoms with E-state index in [1.807, 2.05) is 0 Å². The van der Waals surface area contributed by atoms with Gasteiger partial charge in [0.05, 0.1) is 5.69 Å². The van der Waals surface area contributed by atoms with Crippen LogP contribution < -0.4 is 10.6 Å². The lowest BCUT2D eigenvalue weighted by Crippen LogP contribution is -2.17. The Morgan fingerprint density at radius 2 is 2.00 bits per heavy atom. The smallest absolute Gasteiger partial charge is 0.284 e. The van der Waals surface area contributed by atoms with Gasteiger partial charge in [-0.3, -0.25) is 9.78 Å². The molecule has 0 aromatic carbocycles. The molecule has 2 aromatic rings. The van der Waals surface area contributed by atoms with Crippen molar-refractivity contribution in [3.8, 4) is 0 Å². The lowest BCUT2D eigenvalue weighted by atomic mass is 10.2. The average Bonchev–Trinajstić information content (AvgIpc) is 2.72. The maximum Gasteiger partial charge on any atom is 0.284 e. The summed E-state index contributed by atoms with van der Waals surface area (Å²) >= 11 is 1.50. The Morgan fingerprint density at radius 1 is 1.25 bits per heavy atom. The number of hydrogen-bond donors (Lipinski definition) is 2. The molecule has 2 aromatic heterocycles. The summed E-state index contributed by atoms with van der Waals surface area (Å²) in [6, 6.07) is 3.53. The largest absolute Gasteiger partial charge is 0.320 e. The quantitative estimate of drug-likeness (QED) is 0.889. The van der Waals surface area contributed by atoms with Crippen molar-refractivity contribution >= 4 is 35.3 Å². The second-order valence-corrected chi connectivity index (χ2v) is 5.41. The number of aromatic nitrogens is 2. The van der Waals surface area contributed by atoms with Gasteiger partial charge in [-0.1, -0.05) is 0 Å². The van der Waals surface area contributed by atoms with Gasteiger partial charge < -0.3 is 10.6 Å². The average molecular weight is 311 g/mol. The first-order chi connectivity index (χ1) is 9.33. The van der Waals surface area contributed by atoms with E-state index >= 15 is 0 Å².